The zero-order valence-electron chi connectivity index (χ0n) is 21.8. The predicted molar refractivity (Wildman–Crippen MR) is 141 cm³/mol. The smallest absolute Gasteiger partial charge is 0.251 e. The summed E-state index contributed by atoms with van der Waals surface area (Å²) in [5.41, 5.74) is 3.67. The van der Waals surface area contributed by atoms with Gasteiger partial charge in [0.15, 0.2) is 0 Å². The molecule has 1 aromatic heterocycles. The van der Waals surface area contributed by atoms with Crippen LogP contribution in [-0.4, -0.2) is 39.8 Å². The number of aliphatic hydroxyl groups is 1. The summed E-state index contributed by atoms with van der Waals surface area (Å²) in [5, 5.41) is 22.0. The molecule has 2 aromatic carbocycles. The minimum Gasteiger partial charge on any atom is -0.492 e. The van der Waals surface area contributed by atoms with Crippen LogP contribution < -0.4 is 10.1 Å². The summed E-state index contributed by atoms with van der Waals surface area (Å²) in [7, 11) is 2.01. The van der Waals surface area contributed by atoms with Gasteiger partial charge in [0.25, 0.3) is 5.91 Å². The number of aryl methyl sites for hydroxylation is 1. The number of imidazole rings is 1. The lowest BCUT2D eigenvalue weighted by atomic mass is 9.96. The quantitative estimate of drug-likeness (QED) is 0.428. The van der Waals surface area contributed by atoms with Gasteiger partial charge in [-0.2, -0.15) is 5.26 Å². The van der Waals surface area contributed by atoms with Gasteiger partial charge in [-0.05, 0) is 43.0 Å². The highest BCUT2D eigenvalue weighted by Crippen LogP contribution is 2.26. The molecular formula is C29H36N4O3. The lowest BCUT2D eigenvalue weighted by Gasteiger charge is -2.18. The van der Waals surface area contributed by atoms with Crippen LogP contribution in [0.3, 0.4) is 0 Å². The number of aromatic nitrogens is 2. The standard InChI is InChI=1S/C29H36N4O3/c1-6-15-36-26-12-11-22(17-23(26)18-30)27(35)31-24(13-14-34)16-20-7-9-21(10-8-20)25-19-33(5)28(32-25)29(2,3)4/h7-12,17,19,24,34H,6,13-16H2,1-5H3,(H,31,35)/t24-/m1/s1. The van der Waals surface area contributed by atoms with E-state index in [1.165, 1.54) is 0 Å². The number of carbonyl (C=O) groups excluding carboxylic acids is 1. The van der Waals surface area contributed by atoms with Gasteiger partial charge in [-0.25, -0.2) is 4.98 Å². The molecule has 1 amide bonds. The molecule has 0 aliphatic carbocycles. The summed E-state index contributed by atoms with van der Waals surface area (Å²) in [6.07, 6.45) is 3.87. The van der Waals surface area contributed by atoms with Crippen molar-refractivity contribution in [2.24, 2.45) is 7.05 Å². The number of nitrogens with one attached hydrogen (secondary N) is 1. The second kappa shape index (κ2) is 11.9. The molecule has 190 valence electrons. The van der Waals surface area contributed by atoms with E-state index in [0.29, 0.717) is 36.3 Å². The third-order valence-corrected chi connectivity index (χ3v) is 5.92. The molecular weight excluding hydrogens is 452 g/mol. The van der Waals surface area contributed by atoms with E-state index in [0.717, 1.165) is 29.1 Å². The summed E-state index contributed by atoms with van der Waals surface area (Å²) in [6.45, 7) is 8.90. The number of benzene rings is 2. The van der Waals surface area contributed by atoms with Gasteiger partial charge in [-0.15, -0.1) is 0 Å². The number of nitrogens with zero attached hydrogens (tertiary/aromatic N) is 3. The van der Waals surface area contributed by atoms with Crippen LogP contribution in [-0.2, 0) is 18.9 Å². The average Bonchev–Trinajstić information content (AvgIpc) is 3.25. The van der Waals surface area contributed by atoms with Gasteiger partial charge in [-0.3, -0.25) is 4.79 Å². The van der Waals surface area contributed by atoms with E-state index in [2.05, 4.69) is 36.7 Å². The molecule has 36 heavy (non-hydrogen) atoms. The van der Waals surface area contributed by atoms with Crippen LogP contribution in [0.1, 0.15) is 67.8 Å². The summed E-state index contributed by atoms with van der Waals surface area (Å²) in [4.78, 5) is 17.7. The van der Waals surface area contributed by atoms with Crippen LogP contribution in [0, 0.1) is 11.3 Å². The SMILES string of the molecule is CCCOc1ccc(C(=O)N[C@H](CCO)Cc2ccc(-c3cn(C)c(C(C)(C)C)n3)cc2)cc1C#N. The number of aliphatic hydroxyl groups excluding tert-OH is 1. The Balaban J connectivity index is 1.71. The van der Waals surface area contributed by atoms with E-state index in [1.807, 2.05) is 44.4 Å². The molecule has 0 bridgehead atoms. The molecule has 7 nitrogen and oxygen atoms in total. The molecule has 3 rings (SSSR count). The Hall–Kier alpha value is -3.63. The highest BCUT2D eigenvalue weighted by atomic mass is 16.5. The van der Waals surface area contributed by atoms with Crippen molar-refractivity contribution in [3.8, 4) is 23.1 Å². The van der Waals surface area contributed by atoms with Crippen LogP contribution in [0.2, 0.25) is 0 Å². The van der Waals surface area contributed by atoms with Crippen molar-refractivity contribution in [3.05, 3.63) is 71.2 Å². The van der Waals surface area contributed by atoms with Crippen LogP contribution >= 0.6 is 0 Å². The van der Waals surface area contributed by atoms with Crippen molar-refractivity contribution < 1.29 is 14.6 Å². The van der Waals surface area contributed by atoms with Crippen LogP contribution in [0.15, 0.2) is 48.7 Å². The lowest BCUT2D eigenvalue weighted by molar-refractivity contribution is 0.0930. The second-order valence-corrected chi connectivity index (χ2v) is 10.1. The molecule has 0 aliphatic heterocycles. The van der Waals surface area contributed by atoms with E-state index in [1.54, 1.807) is 18.2 Å². The van der Waals surface area contributed by atoms with Crippen LogP contribution in [0.4, 0.5) is 0 Å². The minimum atomic E-state index is -0.285. The molecule has 0 unspecified atom stereocenters. The summed E-state index contributed by atoms with van der Waals surface area (Å²) < 4.78 is 7.65. The van der Waals surface area contributed by atoms with Crippen molar-refractivity contribution in [1.29, 1.82) is 5.26 Å². The molecule has 2 N–H and O–H groups in total. The molecule has 0 saturated carbocycles. The first-order chi connectivity index (χ1) is 17.2. The molecule has 0 saturated heterocycles. The van der Waals surface area contributed by atoms with Gasteiger partial charge in [-0.1, -0.05) is 52.0 Å². The first-order valence-corrected chi connectivity index (χ1v) is 12.4. The van der Waals surface area contributed by atoms with Gasteiger partial charge >= 0.3 is 0 Å². The first kappa shape index (κ1) is 27.0. The fraction of sp³-hybridized carbons (Fsp3) is 0.414. The molecule has 7 heteroatoms. The average molecular weight is 489 g/mol. The molecule has 1 atom stereocenters. The fourth-order valence-electron chi connectivity index (χ4n) is 4.14. The number of ether oxygens (including phenoxy) is 1. The topological polar surface area (TPSA) is 100 Å². The summed E-state index contributed by atoms with van der Waals surface area (Å²) in [5.74, 6) is 1.22. The summed E-state index contributed by atoms with van der Waals surface area (Å²) >= 11 is 0. The first-order valence-electron chi connectivity index (χ1n) is 12.4. The summed E-state index contributed by atoms with van der Waals surface area (Å²) in [6, 6.07) is 14.8. The Morgan fingerprint density at radius 1 is 1.22 bits per heavy atom. The Kier molecular flexibility index (Phi) is 8.89. The van der Waals surface area contributed by atoms with Gasteiger partial charge < -0.3 is 19.7 Å². The van der Waals surface area contributed by atoms with E-state index < -0.39 is 0 Å². The third-order valence-electron chi connectivity index (χ3n) is 5.92. The van der Waals surface area contributed by atoms with Crippen molar-refractivity contribution in [2.75, 3.05) is 13.2 Å². The maximum absolute atomic E-state index is 12.9. The van der Waals surface area contributed by atoms with E-state index in [9.17, 15) is 15.2 Å². The van der Waals surface area contributed by atoms with Crippen LogP contribution in [0.5, 0.6) is 5.75 Å². The molecule has 0 radical (unpaired) electrons. The Morgan fingerprint density at radius 2 is 1.94 bits per heavy atom. The number of carbonyl (C=O) groups is 1. The van der Waals surface area contributed by atoms with Crippen LogP contribution in [0.25, 0.3) is 11.3 Å². The van der Waals surface area contributed by atoms with Crippen molar-refractivity contribution in [1.82, 2.24) is 14.9 Å². The second-order valence-electron chi connectivity index (χ2n) is 10.1. The zero-order chi connectivity index (χ0) is 26.3. The van der Waals surface area contributed by atoms with E-state index >= 15 is 0 Å². The van der Waals surface area contributed by atoms with Crippen molar-refractivity contribution >= 4 is 5.91 Å². The number of nitriles is 1. The molecule has 0 aliphatic rings. The van der Waals surface area contributed by atoms with Gasteiger partial charge in [0.1, 0.15) is 17.6 Å². The molecule has 0 spiro atoms. The molecule has 1 heterocycles. The normalized spacial score (nSPS) is 12.1. The highest BCUT2D eigenvalue weighted by molar-refractivity contribution is 5.95. The Labute approximate surface area is 213 Å². The predicted octanol–water partition coefficient (Wildman–Crippen LogP) is 4.77. The number of rotatable bonds is 10. The monoisotopic (exact) mass is 488 g/mol. The lowest BCUT2D eigenvalue weighted by Crippen LogP contribution is -2.37. The maximum atomic E-state index is 12.9. The van der Waals surface area contributed by atoms with Crippen molar-refractivity contribution in [3.63, 3.8) is 0 Å². The number of hydrogen-bond donors (Lipinski definition) is 2. The third kappa shape index (κ3) is 6.73. The fourth-order valence-corrected chi connectivity index (χ4v) is 4.14. The highest BCUT2D eigenvalue weighted by Gasteiger charge is 2.21. The zero-order valence-corrected chi connectivity index (χ0v) is 21.8. The van der Waals surface area contributed by atoms with E-state index in [-0.39, 0.29) is 24.0 Å². The van der Waals surface area contributed by atoms with Gasteiger partial charge in [0.05, 0.1) is 17.9 Å². The number of amides is 1. The minimum absolute atomic E-state index is 0.0419. The largest absolute Gasteiger partial charge is 0.492 e. The van der Waals surface area contributed by atoms with Crippen molar-refractivity contribution in [2.45, 2.75) is 58.4 Å². The maximum Gasteiger partial charge on any atom is 0.251 e. The van der Waals surface area contributed by atoms with Gasteiger partial charge in [0, 0.05) is 42.4 Å². The molecule has 0 fully saturated rings. The van der Waals surface area contributed by atoms with E-state index in [4.69, 9.17) is 9.72 Å². The number of hydrogen-bond acceptors (Lipinski definition) is 5. The Bertz CT molecular complexity index is 1220. The Morgan fingerprint density at radius 3 is 2.53 bits per heavy atom. The van der Waals surface area contributed by atoms with Gasteiger partial charge in [0.2, 0.25) is 0 Å². The molecule has 3 aromatic rings.